The van der Waals surface area contributed by atoms with E-state index in [1.807, 2.05) is 0 Å². The summed E-state index contributed by atoms with van der Waals surface area (Å²) in [5, 5.41) is 5.82. The molecule has 1 atom stereocenters. The Morgan fingerprint density at radius 2 is 2.32 bits per heavy atom. The van der Waals surface area contributed by atoms with Crippen molar-refractivity contribution in [2.75, 3.05) is 12.3 Å². The van der Waals surface area contributed by atoms with E-state index in [2.05, 4.69) is 52.6 Å². The Labute approximate surface area is 122 Å². The van der Waals surface area contributed by atoms with E-state index < -0.39 is 0 Å². The Bertz CT molecular complexity index is 579. The van der Waals surface area contributed by atoms with Gasteiger partial charge in [0.05, 0.1) is 11.4 Å². The second-order valence-electron chi connectivity index (χ2n) is 5.64. The fourth-order valence-corrected chi connectivity index (χ4v) is 5.00. The zero-order valence-corrected chi connectivity index (χ0v) is 13.5. The predicted octanol–water partition coefficient (Wildman–Crippen LogP) is 3.39. The SMILES string of the molecule is Cc1nc2scc(C)n2c1CNCC1(C)CCCS1. The molecule has 0 aromatic carbocycles. The first-order chi connectivity index (χ1) is 9.09. The molecular formula is C14H21N3S2. The van der Waals surface area contributed by atoms with E-state index in [4.69, 9.17) is 0 Å². The van der Waals surface area contributed by atoms with Crippen LogP contribution >= 0.6 is 23.1 Å². The standard InChI is InChI=1S/C14H21N3S2/c1-10-8-18-13-16-11(2)12(17(10)13)7-15-9-14(3)5-4-6-19-14/h8,15H,4-7,9H2,1-3H3. The van der Waals surface area contributed by atoms with Gasteiger partial charge < -0.3 is 5.32 Å². The lowest BCUT2D eigenvalue weighted by Gasteiger charge is -2.23. The minimum Gasteiger partial charge on any atom is -0.310 e. The maximum Gasteiger partial charge on any atom is 0.194 e. The number of rotatable bonds is 4. The van der Waals surface area contributed by atoms with E-state index in [1.165, 1.54) is 30.0 Å². The molecule has 3 rings (SSSR count). The number of nitrogens with one attached hydrogen (secondary N) is 1. The van der Waals surface area contributed by atoms with Crippen molar-refractivity contribution in [3.63, 3.8) is 0 Å². The summed E-state index contributed by atoms with van der Waals surface area (Å²) >= 11 is 3.84. The van der Waals surface area contributed by atoms with Gasteiger partial charge >= 0.3 is 0 Å². The van der Waals surface area contributed by atoms with Gasteiger partial charge in [-0.15, -0.1) is 11.3 Å². The highest BCUT2D eigenvalue weighted by atomic mass is 32.2. The second kappa shape index (κ2) is 5.11. The van der Waals surface area contributed by atoms with Crippen molar-refractivity contribution in [2.45, 2.75) is 44.9 Å². The number of hydrogen-bond donors (Lipinski definition) is 1. The van der Waals surface area contributed by atoms with Crippen LogP contribution in [0.25, 0.3) is 4.96 Å². The maximum absolute atomic E-state index is 4.64. The number of fused-ring (bicyclic) bond motifs is 1. The minimum absolute atomic E-state index is 0.432. The largest absolute Gasteiger partial charge is 0.310 e. The third-order valence-electron chi connectivity index (χ3n) is 3.92. The molecule has 1 fully saturated rings. The summed E-state index contributed by atoms with van der Waals surface area (Å²) in [5.74, 6) is 1.32. The first-order valence-corrected chi connectivity index (χ1v) is 8.72. The lowest BCUT2D eigenvalue weighted by molar-refractivity contribution is 0.532. The fourth-order valence-electron chi connectivity index (χ4n) is 2.80. The highest BCUT2D eigenvalue weighted by Gasteiger charge is 2.28. The smallest absolute Gasteiger partial charge is 0.194 e. The summed E-state index contributed by atoms with van der Waals surface area (Å²) in [6, 6.07) is 0. The van der Waals surface area contributed by atoms with E-state index in [1.54, 1.807) is 11.3 Å². The van der Waals surface area contributed by atoms with Gasteiger partial charge in [0, 0.05) is 28.9 Å². The van der Waals surface area contributed by atoms with Gasteiger partial charge in [-0.05, 0) is 39.4 Å². The molecule has 1 aliphatic rings. The number of nitrogens with zero attached hydrogens (tertiary/aromatic N) is 2. The van der Waals surface area contributed by atoms with E-state index in [0.29, 0.717) is 4.75 Å². The summed E-state index contributed by atoms with van der Waals surface area (Å²) in [7, 11) is 0. The fraction of sp³-hybridized carbons (Fsp3) is 0.643. The Morgan fingerprint density at radius 1 is 1.47 bits per heavy atom. The van der Waals surface area contributed by atoms with Gasteiger partial charge in [-0.1, -0.05) is 0 Å². The highest BCUT2D eigenvalue weighted by Crippen LogP contribution is 2.37. The molecule has 0 bridgehead atoms. The molecule has 3 nitrogen and oxygen atoms in total. The van der Waals surface area contributed by atoms with Gasteiger partial charge in [0.2, 0.25) is 0 Å². The molecule has 0 amide bonds. The maximum atomic E-state index is 4.64. The van der Waals surface area contributed by atoms with Crippen molar-refractivity contribution in [1.82, 2.24) is 14.7 Å². The predicted molar refractivity (Wildman–Crippen MR) is 84.3 cm³/mol. The Kier molecular flexibility index (Phi) is 3.62. The monoisotopic (exact) mass is 295 g/mol. The average Bonchev–Trinajstić information content (AvgIpc) is 3.01. The summed E-state index contributed by atoms with van der Waals surface area (Å²) < 4.78 is 2.72. The van der Waals surface area contributed by atoms with Crippen molar-refractivity contribution in [3.05, 3.63) is 22.5 Å². The van der Waals surface area contributed by atoms with Crippen molar-refractivity contribution in [2.24, 2.45) is 0 Å². The average molecular weight is 295 g/mol. The molecule has 1 N–H and O–H groups in total. The Balaban J connectivity index is 1.71. The lowest BCUT2D eigenvalue weighted by atomic mass is 10.1. The molecule has 0 saturated carbocycles. The molecule has 1 aliphatic heterocycles. The van der Waals surface area contributed by atoms with Crippen LogP contribution in [0.5, 0.6) is 0 Å². The molecule has 1 saturated heterocycles. The van der Waals surface area contributed by atoms with Gasteiger partial charge in [0.1, 0.15) is 0 Å². The molecular weight excluding hydrogens is 274 g/mol. The van der Waals surface area contributed by atoms with Crippen LogP contribution in [0.4, 0.5) is 0 Å². The van der Waals surface area contributed by atoms with E-state index in [9.17, 15) is 0 Å². The molecule has 19 heavy (non-hydrogen) atoms. The number of thioether (sulfide) groups is 1. The van der Waals surface area contributed by atoms with Crippen molar-refractivity contribution >= 4 is 28.1 Å². The summed E-state index contributed by atoms with van der Waals surface area (Å²) in [4.78, 5) is 5.76. The molecule has 2 aromatic heterocycles. The molecule has 0 aliphatic carbocycles. The number of aryl methyl sites for hydroxylation is 2. The van der Waals surface area contributed by atoms with Crippen molar-refractivity contribution in [1.29, 1.82) is 0 Å². The van der Waals surface area contributed by atoms with Crippen LogP contribution in [-0.4, -0.2) is 26.4 Å². The zero-order chi connectivity index (χ0) is 13.5. The van der Waals surface area contributed by atoms with Gasteiger partial charge in [0.15, 0.2) is 4.96 Å². The molecule has 0 spiro atoms. The molecule has 104 valence electrons. The lowest BCUT2D eigenvalue weighted by Crippen LogP contribution is -2.32. The van der Waals surface area contributed by atoms with Crippen molar-refractivity contribution < 1.29 is 0 Å². The second-order valence-corrected chi connectivity index (χ2v) is 8.16. The summed E-state index contributed by atoms with van der Waals surface area (Å²) in [5.41, 5.74) is 3.77. The highest BCUT2D eigenvalue weighted by molar-refractivity contribution is 8.00. The first kappa shape index (κ1) is 13.5. The third kappa shape index (κ3) is 2.56. The topological polar surface area (TPSA) is 29.3 Å². The number of imidazole rings is 1. The van der Waals surface area contributed by atoms with Crippen LogP contribution in [0.15, 0.2) is 5.38 Å². The van der Waals surface area contributed by atoms with Crippen LogP contribution in [0.2, 0.25) is 0 Å². The summed E-state index contributed by atoms with van der Waals surface area (Å²) in [6.07, 6.45) is 2.70. The number of aromatic nitrogens is 2. The molecule has 1 unspecified atom stereocenters. The van der Waals surface area contributed by atoms with Crippen LogP contribution in [0, 0.1) is 13.8 Å². The van der Waals surface area contributed by atoms with Crippen LogP contribution in [-0.2, 0) is 6.54 Å². The Hall–Kier alpha value is -0.520. The van der Waals surface area contributed by atoms with Gasteiger partial charge in [-0.2, -0.15) is 11.8 Å². The number of hydrogen-bond acceptors (Lipinski definition) is 4. The van der Waals surface area contributed by atoms with Gasteiger partial charge in [-0.3, -0.25) is 4.40 Å². The van der Waals surface area contributed by atoms with E-state index in [0.717, 1.165) is 23.7 Å². The summed E-state index contributed by atoms with van der Waals surface area (Å²) in [6.45, 7) is 8.66. The number of thiazole rings is 1. The zero-order valence-electron chi connectivity index (χ0n) is 11.8. The normalized spacial score (nSPS) is 23.5. The van der Waals surface area contributed by atoms with E-state index >= 15 is 0 Å². The van der Waals surface area contributed by atoms with Crippen LogP contribution in [0.1, 0.15) is 36.8 Å². The quantitative estimate of drug-likeness (QED) is 0.937. The molecule has 5 heteroatoms. The van der Waals surface area contributed by atoms with Crippen LogP contribution in [0.3, 0.4) is 0 Å². The third-order valence-corrected chi connectivity index (χ3v) is 6.40. The van der Waals surface area contributed by atoms with Gasteiger partial charge in [0.25, 0.3) is 0 Å². The van der Waals surface area contributed by atoms with E-state index in [-0.39, 0.29) is 0 Å². The minimum atomic E-state index is 0.432. The molecule has 2 aromatic rings. The van der Waals surface area contributed by atoms with Gasteiger partial charge in [-0.25, -0.2) is 4.98 Å². The molecule has 3 heterocycles. The van der Waals surface area contributed by atoms with Crippen LogP contribution < -0.4 is 5.32 Å². The first-order valence-electron chi connectivity index (χ1n) is 6.86. The molecule has 0 radical (unpaired) electrons. The Morgan fingerprint density at radius 3 is 3.05 bits per heavy atom. The van der Waals surface area contributed by atoms with Crippen molar-refractivity contribution in [3.8, 4) is 0 Å².